The first-order chi connectivity index (χ1) is 13.0. The summed E-state index contributed by atoms with van der Waals surface area (Å²) in [7, 11) is 0. The molecule has 1 fully saturated rings. The zero-order chi connectivity index (χ0) is 19.2. The maximum absolute atomic E-state index is 12.7. The van der Waals surface area contributed by atoms with Gasteiger partial charge in [-0.3, -0.25) is 4.79 Å². The van der Waals surface area contributed by atoms with Crippen LogP contribution in [0, 0.1) is 13.8 Å². The first-order valence-corrected chi connectivity index (χ1v) is 10.9. The van der Waals surface area contributed by atoms with Crippen molar-refractivity contribution in [3.05, 3.63) is 39.7 Å². The Bertz CT molecular complexity index is 747. The highest BCUT2D eigenvalue weighted by Crippen LogP contribution is 2.28. The Hall–Kier alpha value is -1.72. The molecule has 1 amide bonds. The molecule has 0 unspecified atom stereocenters. The van der Waals surface area contributed by atoms with Gasteiger partial charge in [0.1, 0.15) is 0 Å². The van der Waals surface area contributed by atoms with E-state index in [-0.39, 0.29) is 11.9 Å². The van der Waals surface area contributed by atoms with Gasteiger partial charge < -0.3 is 10.2 Å². The number of thiazole rings is 1. The van der Waals surface area contributed by atoms with Crippen LogP contribution in [0.1, 0.15) is 48.1 Å². The molecule has 3 rings (SSSR count). The van der Waals surface area contributed by atoms with E-state index in [4.69, 9.17) is 0 Å². The average molecular weight is 386 g/mol. The van der Waals surface area contributed by atoms with E-state index >= 15 is 0 Å². The number of nitrogens with zero attached hydrogens (tertiary/aromatic N) is 2. The molecule has 1 N–H and O–H groups in total. The molecule has 1 saturated heterocycles. The summed E-state index contributed by atoms with van der Waals surface area (Å²) < 4.78 is 0. The second-order valence-corrected chi connectivity index (χ2v) is 8.87. The van der Waals surface area contributed by atoms with Crippen molar-refractivity contribution in [2.45, 2.75) is 58.9 Å². The van der Waals surface area contributed by atoms with Crippen LogP contribution in [-0.4, -0.2) is 41.5 Å². The summed E-state index contributed by atoms with van der Waals surface area (Å²) in [6.45, 7) is 9.54. The number of nitrogens with one attached hydrogen (secondary N) is 1. The van der Waals surface area contributed by atoms with Gasteiger partial charge in [0.15, 0.2) is 0 Å². The molecule has 5 heteroatoms. The number of hydrogen-bond donors (Lipinski definition) is 1. The van der Waals surface area contributed by atoms with Crippen LogP contribution in [0.25, 0.3) is 11.3 Å². The minimum absolute atomic E-state index is 0.107. The lowest BCUT2D eigenvalue weighted by Gasteiger charge is -2.30. The molecule has 1 aromatic carbocycles. The van der Waals surface area contributed by atoms with Gasteiger partial charge in [0.05, 0.1) is 17.1 Å². The quantitative estimate of drug-likeness (QED) is 0.771. The molecular weight excluding hydrogens is 354 g/mol. The third-order valence-electron chi connectivity index (χ3n) is 5.24. The molecule has 2 heterocycles. The van der Waals surface area contributed by atoms with Gasteiger partial charge in [0.2, 0.25) is 5.91 Å². The predicted molar refractivity (Wildman–Crippen MR) is 113 cm³/mol. The molecule has 146 valence electrons. The first kappa shape index (κ1) is 20.0. The third-order valence-corrected chi connectivity index (χ3v) is 6.21. The van der Waals surface area contributed by atoms with E-state index in [0.29, 0.717) is 6.42 Å². The molecule has 1 aliphatic rings. The van der Waals surface area contributed by atoms with Crippen LogP contribution in [0.2, 0.25) is 0 Å². The van der Waals surface area contributed by atoms with Crippen molar-refractivity contribution in [2.75, 3.05) is 19.6 Å². The number of amides is 1. The number of aryl methyl sites for hydroxylation is 2. The van der Waals surface area contributed by atoms with E-state index in [1.54, 1.807) is 11.3 Å². The molecule has 0 spiro atoms. The number of piperidine rings is 1. The summed E-state index contributed by atoms with van der Waals surface area (Å²) >= 11 is 1.63. The third kappa shape index (κ3) is 5.63. The number of carbonyl (C=O) groups excluding carboxylic acids is 1. The fraction of sp³-hybridized carbons (Fsp3) is 0.545. The van der Waals surface area contributed by atoms with E-state index < -0.39 is 0 Å². The highest BCUT2D eigenvalue weighted by molar-refractivity contribution is 7.12. The number of benzene rings is 1. The molecule has 1 aliphatic heterocycles. The lowest BCUT2D eigenvalue weighted by molar-refractivity contribution is -0.121. The van der Waals surface area contributed by atoms with Crippen molar-refractivity contribution < 1.29 is 4.79 Å². The predicted octanol–water partition coefficient (Wildman–Crippen LogP) is 4.35. The maximum atomic E-state index is 12.7. The molecule has 2 aromatic rings. The maximum Gasteiger partial charge on any atom is 0.225 e. The first-order valence-electron chi connectivity index (χ1n) is 10.1. The van der Waals surface area contributed by atoms with Crippen molar-refractivity contribution in [3.8, 4) is 11.3 Å². The molecule has 1 atom stereocenters. The minimum atomic E-state index is 0.107. The van der Waals surface area contributed by atoms with Crippen LogP contribution >= 0.6 is 11.3 Å². The lowest BCUT2D eigenvalue weighted by atomic mass is 10.1. The number of likely N-dealkylation sites (tertiary alicyclic amines) is 1. The van der Waals surface area contributed by atoms with Gasteiger partial charge >= 0.3 is 0 Å². The highest BCUT2D eigenvalue weighted by atomic mass is 32.1. The fourth-order valence-corrected chi connectivity index (χ4v) is 4.64. The Labute approximate surface area is 167 Å². The molecule has 0 aliphatic carbocycles. The van der Waals surface area contributed by atoms with Crippen LogP contribution in [-0.2, 0) is 11.2 Å². The van der Waals surface area contributed by atoms with Crippen LogP contribution in [0.5, 0.6) is 0 Å². The fourth-order valence-electron chi connectivity index (χ4n) is 3.68. The van der Waals surface area contributed by atoms with E-state index in [2.05, 4.69) is 53.3 Å². The molecule has 1 aromatic heterocycles. The van der Waals surface area contributed by atoms with E-state index in [9.17, 15) is 4.79 Å². The van der Waals surface area contributed by atoms with Gasteiger partial charge in [0.25, 0.3) is 0 Å². The standard InChI is InChI=1S/C22H31N3OS/c1-4-19(15-25-12-6-5-7-13-25)24-21(26)14-20-22(23-17(3)27-20)18-10-8-16(2)9-11-18/h8-11,19H,4-7,12-15H2,1-3H3,(H,24,26)/t19-/m1/s1. The van der Waals surface area contributed by atoms with Gasteiger partial charge in [-0.15, -0.1) is 11.3 Å². The van der Waals surface area contributed by atoms with Crippen molar-refractivity contribution >= 4 is 17.2 Å². The largest absolute Gasteiger partial charge is 0.352 e. The lowest BCUT2D eigenvalue weighted by Crippen LogP contribution is -2.45. The number of rotatable bonds is 7. The van der Waals surface area contributed by atoms with Crippen molar-refractivity contribution in [1.82, 2.24) is 15.2 Å². The molecular formula is C22H31N3OS. The van der Waals surface area contributed by atoms with Crippen LogP contribution < -0.4 is 5.32 Å². The van der Waals surface area contributed by atoms with E-state index in [1.165, 1.54) is 24.8 Å². The minimum Gasteiger partial charge on any atom is -0.352 e. The zero-order valence-electron chi connectivity index (χ0n) is 16.8. The SMILES string of the molecule is CC[C@H](CN1CCCCC1)NC(=O)Cc1sc(C)nc1-c1ccc(C)cc1. The van der Waals surface area contributed by atoms with Crippen LogP contribution in [0.15, 0.2) is 24.3 Å². The second kappa shape index (κ2) is 9.47. The summed E-state index contributed by atoms with van der Waals surface area (Å²) in [5.41, 5.74) is 3.28. The normalized spacial score (nSPS) is 16.3. The monoisotopic (exact) mass is 385 g/mol. The van der Waals surface area contributed by atoms with E-state index in [0.717, 1.165) is 47.2 Å². The Morgan fingerprint density at radius 3 is 2.56 bits per heavy atom. The zero-order valence-corrected chi connectivity index (χ0v) is 17.6. The van der Waals surface area contributed by atoms with Gasteiger partial charge in [-0.25, -0.2) is 4.98 Å². The van der Waals surface area contributed by atoms with Gasteiger partial charge in [-0.2, -0.15) is 0 Å². The Balaban J connectivity index is 1.64. The van der Waals surface area contributed by atoms with Gasteiger partial charge in [-0.05, 0) is 46.2 Å². The number of carbonyl (C=O) groups is 1. The summed E-state index contributed by atoms with van der Waals surface area (Å²) in [6, 6.07) is 8.61. The smallest absolute Gasteiger partial charge is 0.225 e. The molecule has 4 nitrogen and oxygen atoms in total. The summed E-state index contributed by atoms with van der Waals surface area (Å²) in [5, 5.41) is 4.27. The summed E-state index contributed by atoms with van der Waals surface area (Å²) in [4.78, 5) is 21.0. The van der Waals surface area contributed by atoms with Crippen molar-refractivity contribution in [1.29, 1.82) is 0 Å². The van der Waals surface area contributed by atoms with Crippen LogP contribution in [0.4, 0.5) is 0 Å². The average Bonchev–Trinajstić information content (AvgIpc) is 3.02. The molecule has 0 bridgehead atoms. The van der Waals surface area contributed by atoms with Crippen molar-refractivity contribution in [2.24, 2.45) is 0 Å². The Morgan fingerprint density at radius 2 is 1.89 bits per heavy atom. The summed E-state index contributed by atoms with van der Waals surface area (Å²) in [6.07, 6.45) is 5.28. The Morgan fingerprint density at radius 1 is 1.19 bits per heavy atom. The topological polar surface area (TPSA) is 45.2 Å². The second-order valence-electron chi connectivity index (χ2n) is 7.58. The molecule has 27 heavy (non-hydrogen) atoms. The number of aromatic nitrogens is 1. The Kier molecular flexibility index (Phi) is 7.02. The van der Waals surface area contributed by atoms with E-state index in [1.807, 2.05) is 6.92 Å². The molecule has 0 radical (unpaired) electrons. The van der Waals surface area contributed by atoms with Gasteiger partial charge in [-0.1, -0.05) is 43.2 Å². The highest BCUT2D eigenvalue weighted by Gasteiger charge is 2.19. The number of hydrogen-bond acceptors (Lipinski definition) is 4. The molecule has 0 saturated carbocycles. The van der Waals surface area contributed by atoms with Crippen LogP contribution in [0.3, 0.4) is 0 Å². The summed E-state index contributed by atoms with van der Waals surface area (Å²) in [5.74, 6) is 0.107. The van der Waals surface area contributed by atoms with Gasteiger partial charge in [0, 0.05) is 23.0 Å². The van der Waals surface area contributed by atoms with Crippen molar-refractivity contribution in [3.63, 3.8) is 0 Å².